The van der Waals surface area contributed by atoms with E-state index in [1.54, 1.807) is 13.8 Å². The highest BCUT2D eigenvalue weighted by molar-refractivity contribution is 6.37. The van der Waals surface area contributed by atoms with Crippen LogP contribution in [-0.2, 0) is 16.0 Å². The van der Waals surface area contributed by atoms with Crippen molar-refractivity contribution in [3.05, 3.63) is 47.0 Å². The molecule has 22 heavy (non-hydrogen) atoms. The van der Waals surface area contributed by atoms with Crippen LogP contribution in [0.3, 0.4) is 0 Å². The molecule has 1 N–H and O–H groups in total. The molecule has 0 aliphatic carbocycles. The minimum Gasteiger partial charge on any atom is -0.458 e. The number of fused-ring (bicyclic) bond motifs is 1. The van der Waals surface area contributed by atoms with Crippen LogP contribution in [0.5, 0.6) is 0 Å². The predicted octanol–water partition coefficient (Wildman–Crippen LogP) is 4.21. The third-order valence-corrected chi connectivity index (χ3v) is 3.72. The molecule has 0 amide bonds. The molecule has 0 aliphatic rings. The number of ether oxygens (including phenoxy) is 1. The standard InChI is InChI=1S/C17H18ClNO3/c1-11(2)22-17(20)15(19-21)10-9-13-8-7-12-5-3-4-6-14(12)16(13)18/h3-8,11,21H,9-10H2,1-2H3/b19-15-. The second kappa shape index (κ2) is 7.27. The minimum absolute atomic E-state index is 0.00192. The van der Waals surface area contributed by atoms with E-state index in [-0.39, 0.29) is 18.2 Å². The Hall–Kier alpha value is -2.07. The van der Waals surface area contributed by atoms with Gasteiger partial charge in [-0.3, -0.25) is 0 Å². The van der Waals surface area contributed by atoms with Crippen LogP contribution >= 0.6 is 11.6 Å². The minimum atomic E-state index is -0.602. The van der Waals surface area contributed by atoms with Crippen molar-refractivity contribution in [2.24, 2.45) is 5.16 Å². The van der Waals surface area contributed by atoms with Crippen LogP contribution < -0.4 is 0 Å². The Morgan fingerprint density at radius 1 is 1.27 bits per heavy atom. The topological polar surface area (TPSA) is 58.9 Å². The molecule has 2 rings (SSSR count). The average molecular weight is 320 g/mol. The van der Waals surface area contributed by atoms with Crippen LogP contribution in [0.4, 0.5) is 0 Å². The van der Waals surface area contributed by atoms with Gasteiger partial charge in [-0.2, -0.15) is 0 Å². The van der Waals surface area contributed by atoms with E-state index in [4.69, 9.17) is 21.5 Å². The van der Waals surface area contributed by atoms with Crippen LogP contribution in [0.15, 0.2) is 41.6 Å². The van der Waals surface area contributed by atoms with Crippen molar-refractivity contribution in [2.45, 2.75) is 32.8 Å². The molecule has 0 saturated carbocycles. The van der Waals surface area contributed by atoms with E-state index in [1.807, 2.05) is 36.4 Å². The number of carbonyl (C=O) groups is 1. The number of hydrogen-bond donors (Lipinski definition) is 1. The summed E-state index contributed by atoms with van der Waals surface area (Å²) in [4.78, 5) is 11.8. The van der Waals surface area contributed by atoms with Gasteiger partial charge in [-0.25, -0.2) is 4.79 Å². The molecule has 0 heterocycles. The number of esters is 1. The fraction of sp³-hybridized carbons (Fsp3) is 0.294. The lowest BCUT2D eigenvalue weighted by Crippen LogP contribution is -2.21. The van der Waals surface area contributed by atoms with E-state index < -0.39 is 5.97 Å². The Balaban J connectivity index is 2.14. The fourth-order valence-corrected chi connectivity index (χ4v) is 2.53. The monoisotopic (exact) mass is 319 g/mol. The number of rotatable bonds is 5. The molecular formula is C17H18ClNO3. The smallest absolute Gasteiger partial charge is 0.356 e. The highest BCUT2D eigenvalue weighted by Gasteiger charge is 2.16. The predicted molar refractivity (Wildman–Crippen MR) is 87.7 cm³/mol. The van der Waals surface area contributed by atoms with Crippen LogP contribution in [0.25, 0.3) is 10.8 Å². The summed E-state index contributed by atoms with van der Waals surface area (Å²) < 4.78 is 5.03. The zero-order valence-electron chi connectivity index (χ0n) is 12.5. The van der Waals surface area contributed by atoms with Gasteiger partial charge in [-0.15, -0.1) is 0 Å². The Bertz CT molecular complexity index is 710. The number of halogens is 1. The van der Waals surface area contributed by atoms with Crippen LogP contribution in [-0.4, -0.2) is 23.0 Å². The zero-order valence-corrected chi connectivity index (χ0v) is 13.3. The van der Waals surface area contributed by atoms with Crippen molar-refractivity contribution in [3.63, 3.8) is 0 Å². The lowest BCUT2D eigenvalue weighted by molar-refractivity contribution is -0.139. The average Bonchev–Trinajstić information content (AvgIpc) is 2.49. The van der Waals surface area contributed by atoms with Gasteiger partial charge in [0.15, 0.2) is 5.71 Å². The number of carbonyl (C=O) groups excluding carboxylic acids is 1. The molecule has 5 heteroatoms. The van der Waals surface area contributed by atoms with Gasteiger partial charge >= 0.3 is 5.97 Å². The number of oxime groups is 1. The summed E-state index contributed by atoms with van der Waals surface area (Å²) in [6.07, 6.45) is 0.504. The van der Waals surface area contributed by atoms with Gasteiger partial charge in [-0.1, -0.05) is 53.2 Å². The van der Waals surface area contributed by atoms with Gasteiger partial charge in [-0.05, 0) is 31.2 Å². The first kappa shape index (κ1) is 16.3. The Morgan fingerprint density at radius 2 is 2.00 bits per heavy atom. The van der Waals surface area contributed by atoms with E-state index in [1.165, 1.54) is 0 Å². The molecule has 2 aromatic rings. The number of aryl methyl sites for hydroxylation is 1. The first-order valence-corrected chi connectivity index (χ1v) is 7.48. The third-order valence-electron chi connectivity index (χ3n) is 3.27. The van der Waals surface area contributed by atoms with Gasteiger partial charge in [0, 0.05) is 11.8 Å². The van der Waals surface area contributed by atoms with Gasteiger partial charge in [0.25, 0.3) is 0 Å². The number of hydrogen-bond acceptors (Lipinski definition) is 4. The van der Waals surface area contributed by atoms with E-state index in [0.717, 1.165) is 16.3 Å². The van der Waals surface area contributed by atoms with Gasteiger partial charge < -0.3 is 9.94 Å². The third kappa shape index (κ3) is 3.77. The molecule has 0 saturated heterocycles. The summed E-state index contributed by atoms with van der Waals surface area (Å²) in [5.41, 5.74) is 0.900. The van der Waals surface area contributed by atoms with Crippen molar-refractivity contribution in [1.82, 2.24) is 0 Å². The molecule has 4 nitrogen and oxygen atoms in total. The Labute approximate surface area is 134 Å². The summed E-state index contributed by atoms with van der Waals surface area (Å²) >= 11 is 6.41. The van der Waals surface area contributed by atoms with E-state index in [2.05, 4.69) is 5.16 Å². The van der Waals surface area contributed by atoms with Crippen LogP contribution in [0.2, 0.25) is 5.02 Å². The fourth-order valence-electron chi connectivity index (χ4n) is 2.20. The van der Waals surface area contributed by atoms with Crippen molar-refractivity contribution >= 4 is 34.1 Å². The van der Waals surface area contributed by atoms with Crippen molar-refractivity contribution in [2.75, 3.05) is 0 Å². The Kier molecular flexibility index (Phi) is 5.39. The molecule has 0 aliphatic heterocycles. The first-order chi connectivity index (χ1) is 10.5. The summed E-state index contributed by atoms with van der Waals surface area (Å²) in [7, 11) is 0. The summed E-state index contributed by atoms with van der Waals surface area (Å²) in [6.45, 7) is 3.49. The summed E-state index contributed by atoms with van der Waals surface area (Å²) in [5.74, 6) is -0.602. The molecule has 0 aromatic heterocycles. The maximum atomic E-state index is 11.8. The van der Waals surface area contributed by atoms with E-state index in [9.17, 15) is 4.79 Å². The molecule has 0 atom stereocenters. The molecule has 0 bridgehead atoms. The molecular weight excluding hydrogens is 302 g/mol. The molecule has 0 fully saturated rings. The lowest BCUT2D eigenvalue weighted by atomic mass is 10.0. The molecule has 0 unspecified atom stereocenters. The summed E-state index contributed by atoms with van der Waals surface area (Å²) in [5, 5.41) is 14.7. The van der Waals surface area contributed by atoms with Crippen LogP contribution in [0, 0.1) is 0 Å². The van der Waals surface area contributed by atoms with E-state index in [0.29, 0.717) is 11.4 Å². The second-order valence-electron chi connectivity index (χ2n) is 5.26. The zero-order chi connectivity index (χ0) is 16.1. The van der Waals surface area contributed by atoms with Crippen molar-refractivity contribution < 1.29 is 14.7 Å². The maximum absolute atomic E-state index is 11.8. The van der Waals surface area contributed by atoms with Gasteiger partial charge in [0.1, 0.15) is 0 Å². The molecule has 2 aromatic carbocycles. The molecule has 0 spiro atoms. The van der Waals surface area contributed by atoms with Crippen molar-refractivity contribution in [1.29, 1.82) is 0 Å². The SMILES string of the molecule is CC(C)OC(=O)/C(CCc1ccc2ccccc2c1Cl)=N\O. The molecule has 116 valence electrons. The maximum Gasteiger partial charge on any atom is 0.356 e. The van der Waals surface area contributed by atoms with E-state index >= 15 is 0 Å². The number of benzene rings is 2. The summed E-state index contributed by atoms with van der Waals surface area (Å²) in [6, 6.07) is 11.7. The second-order valence-corrected chi connectivity index (χ2v) is 5.64. The number of nitrogens with zero attached hydrogens (tertiary/aromatic N) is 1. The first-order valence-electron chi connectivity index (χ1n) is 7.11. The van der Waals surface area contributed by atoms with Crippen LogP contribution in [0.1, 0.15) is 25.8 Å². The van der Waals surface area contributed by atoms with Crippen molar-refractivity contribution in [3.8, 4) is 0 Å². The van der Waals surface area contributed by atoms with Gasteiger partial charge in [0.2, 0.25) is 0 Å². The highest BCUT2D eigenvalue weighted by Crippen LogP contribution is 2.28. The largest absolute Gasteiger partial charge is 0.458 e. The highest BCUT2D eigenvalue weighted by atomic mass is 35.5. The quantitative estimate of drug-likeness (QED) is 0.389. The molecule has 0 radical (unpaired) electrons. The Morgan fingerprint density at radius 3 is 2.68 bits per heavy atom. The normalized spacial score (nSPS) is 11.9. The lowest BCUT2D eigenvalue weighted by Gasteiger charge is -2.10. The van der Waals surface area contributed by atoms with Gasteiger partial charge in [0.05, 0.1) is 11.1 Å².